The summed E-state index contributed by atoms with van der Waals surface area (Å²) in [6, 6.07) is 67.1. The Hall–Kier alpha value is -6.78. The third kappa shape index (κ3) is 3.56. The van der Waals surface area contributed by atoms with Crippen molar-refractivity contribution in [2.45, 2.75) is 0 Å². The van der Waals surface area contributed by atoms with Gasteiger partial charge in [-0.1, -0.05) is 133 Å². The monoisotopic (exact) mass is 659 g/mol. The Morgan fingerprint density at radius 3 is 1.88 bits per heavy atom. The highest BCUT2D eigenvalue weighted by Gasteiger charge is 2.44. The van der Waals surface area contributed by atoms with E-state index in [9.17, 15) is 0 Å². The number of rotatable bonds is 3. The van der Waals surface area contributed by atoms with Gasteiger partial charge in [0, 0.05) is 49.9 Å². The topological polar surface area (TPSA) is 10.9 Å². The summed E-state index contributed by atoms with van der Waals surface area (Å²) in [7, 11) is 0. The maximum absolute atomic E-state index is 2.59. The van der Waals surface area contributed by atoms with Crippen LogP contribution in [0.1, 0.15) is 0 Å². The number of nitrogens with zero attached hydrogens (tertiary/aromatic N) is 3. The molecule has 0 bridgehead atoms. The van der Waals surface area contributed by atoms with Gasteiger partial charge >= 0.3 is 0 Å². The van der Waals surface area contributed by atoms with Crippen LogP contribution in [0.3, 0.4) is 0 Å². The van der Waals surface area contributed by atoms with Crippen LogP contribution in [0, 0.1) is 0 Å². The molecule has 2 aliphatic heterocycles. The minimum absolute atomic E-state index is 0.0544. The summed E-state index contributed by atoms with van der Waals surface area (Å²) >= 11 is 0. The van der Waals surface area contributed by atoms with Crippen LogP contribution < -0.4 is 26.2 Å². The van der Waals surface area contributed by atoms with E-state index in [1.165, 1.54) is 94.0 Å². The molecule has 3 nitrogen and oxygen atoms in total. The molecule has 12 rings (SSSR count). The summed E-state index contributed by atoms with van der Waals surface area (Å²) < 4.78 is 2.51. The maximum Gasteiger partial charge on any atom is 0.252 e. The predicted molar refractivity (Wildman–Crippen MR) is 221 cm³/mol. The van der Waals surface area contributed by atoms with E-state index in [1.54, 1.807) is 0 Å². The van der Waals surface area contributed by atoms with E-state index in [-0.39, 0.29) is 6.71 Å². The number of benzene rings is 8. The molecule has 2 aliphatic rings. The zero-order valence-electron chi connectivity index (χ0n) is 28.2. The quantitative estimate of drug-likeness (QED) is 0.175. The standard InChI is InChI=1S/C48H30BN3/c1-3-15-31(16-4-1)33-19-7-10-24-39(33)52-44-28-14-27-43-46(44)49(37-23-9-12-26-41(37)50(43)32-17-5-2-6-18-32)38-29-30-42-45(48(38)52)36-22-13-21-35-34-20-8-11-25-40(34)51(42)47(35)36/h1-30H. The SMILES string of the molecule is c1ccc(-c2ccccc2N2c3cccc4c3B(c3ccccc3N4c3ccccc3)c3ccc4c(c32)c2cccc3c5ccccc5n4c32)cc1. The summed E-state index contributed by atoms with van der Waals surface area (Å²) in [5.41, 5.74) is 17.5. The van der Waals surface area contributed by atoms with Crippen molar-refractivity contribution in [1.29, 1.82) is 0 Å². The summed E-state index contributed by atoms with van der Waals surface area (Å²) in [5.74, 6) is 0. The molecule has 0 radical (unpaired) electrons. The molecule has 52 heavy (non-hydrogen) atoms. The molecule has 0 spiro atoms. The molecule has 240 valence electrons. The molecule has 0 saturated heterocycles. The lowest BCUT2D eigenvalue weighted by Gasteiger charge is -2.44. The largest absolute Gasteiger partial charge is 0.311 e. The molecule has 10 aromatic rings. The van der Waals surface area contributed by atoms with Crippen molar-refractivity contribution in [3.8, 4) is 11.1 Å². The van der Waals surface area contributed by atoms with Crippen LogP contribution in [-0.4, -0.2) is 11.1 Å². The number of para-hydroxylation sites is 5. The Bertz CT molecular complexity index is 3040. The van der Waals surface area contributed by atoms with Crippen LogP contribution in [0.25, 0.3) is 49.2 Å². The number of hydrogen-bond donors (Lipinski definition) is 0. The van der Waals surface area contributed by atoms with Gasteiger partial charge in [0.1, 0.15) is 0 Å². The molecule has 0 amide bonds. The first kappa shape index (κ1) is 28.0. The Balaban J connectivity index is 1.26. The second-order valence-corrected chi connectivity index (χ2v) is 14.0. The number of aromatic nitrogens is 1. The van der Waals surface area contributed by atoms with E-state index < -0.39 is 0 Å². The first-order valence-electron chi connectivity index (χ1n) is 18.1. The van der Waals surface area contributed by atoms with Crippen LogP contribution in [-0.2, 0) is 0 Å². The molecule has 8 aromatic carbocycles. The van der Waals surface area contributed by atoms with Crippen molar-refractivity contribution in [3.63, 3.8) is 0 Å². The molecule has 0 atom stereocenters. The van der Waals surface area contributed by atoms with Gasteiger partial charge in [-0.3, -0.25) is 0 Å². The lowest BCUT2D eigenvalue weighted by atomic mass is 9.33. The molecule has 0 saturated carbocycles. The van der Waals surface area contributed by atoms with Gasteiger partial charge in [0.15, 0.2) is 0 Å². The maximum atomic E-state index is 2.59. The van der Waals surface area contributed by atoms with Crippen LogP contribution in [0.5, 0.6) is 0 Å². The fourth-order valence-electron chi connectivity index (χ4n) is 9.52. The molecular weight excluding hydrogens is 629 g/mol. The summed E-state index contributed by atoms with van der Waals surface area (Å²) in [6.07, 6.45) is 0. The van der Waals surface area contributed by atoms with Gasteiger partial charge in [-0.2, -0.15) is 0 Å². The summed E-state index contributed by atoms with van der Waals surface area (Å²) in [4.78, 5) is 5.05. The smallest absolute Gasteiger partial charge is 0.252 e. The minimum Gasteiger partial charge on any atom is -0.311 e. The zero-order chi connectivity index (χ0) is 33.9. The molecule has 0 N–H and O–H groups in total. The van der Waals surface area contributed by atoms with Crippen molar-refractivity contribution in [2.24, 2.45) is 0 Å². The summed E-state index contributed by atoms with van der Waals surface area (Å²) in [6.45, 7) is 0.0544. The molecule has 0 fully saturated rings. The predicted octanol–water partition coefficient (Wildman–Crippen LogP) is 10.6. The second kappa shape index (κ2) is 10.4. The van der Waals surface area contributed by atoms with E-state index >= 15 is 0 Å². The minimum atomic E-state index is 0.0544. The molecule has 2 aromatic heterocycles. The van der Waals surface area contributed by atoms with Gasteiger partial charge in [-0.05, 0) is 70.5 Å². The van der Waals surface area contributed by atoms with Crippen LogP contribution in [0.4, 0.5) is 34.1 Å². The second-order valence-electron chi connectivity index (χ2n) is 14.0. The van der Waals surface area contributed by atoms with E-state index in [4.69, 9.17) is 0 Å². The Morgan fingerprint density at radius 2 is 1.02 bits per heavy atom. The average Bonchev–Trinajstić information content (AvgIpc) is 3.74. The lowest BCUT2D eigenvalue weighted by molar-refractivity contribution is 1.26. The number of anilines is 6. The van der Waals surface area contributed by atoms with Crippen molar-refractivity contribution in [2.75, 3.05) is 9.80 Å². The first-order chi connectivity index (χ1) is 25.9. The van der Waals surface area contributed by atoms with Crippen LogP contribution in [0.15, 0.2) is 182 Å². The van der Waals surface area contributed by atoms with Crippen molar-refractivity contribution in [3.05, 3.63) is 182 Å². The number of hydrogen-bond acceptors (Lipinski definition) is 2. The molecule has 0 unspecified atom stereocenters. The highest BCUT2D eigenvalue weighted by Crippen LogP contribution is 2.50. The highest BCUT2D eigenvalue weighted by molar-refractivity contribution is 7.00. The van der Waals surface area contributed by atoms with Crippen molar-refractivity contribution >= 4 is 95.3 Å². The number of fused-ring (bicyclic) bond motifs is 11. The van der Waals surface area contributed by atoms with Gasteiger partial charge < -0.3 is 14.2 Å². The first-order valence-corrected chi connectivity index (χ1v) is 18.1. The van der Waals surface area contributed by atoms with Crippen molar-refractivity contribution < 1.29 is 0 Å². The van der Waals surface area contributed by atoms with Gasteiger partial charge in [-0.15, -0.1) is 0 Å². The van der Waals surface area contributed by atoms with Gasteiger partial charge in [-0.25, -0.2) is 0 Å². The Labute approximate surface area is 301 Å². The molecule has 4 heteroatoms. The Morgan fingerprint density at radius 1 is 0.385 bits per heavy atom. The van der Waals surface area contributed by atoms with E-state index in [0.717, 1.165) is 5.69 Å². The van der Waals surface area contributed by atoms with Crippen LogP contribution >= 0.6 is 0 Å². The summed E-state index contributed by atoms with van der Waals surface area (Å²) in [5, 5.41) is 5.18. The van der Waals surface area contributed by atoms with E-state index in [0.29, 0.717) is 0 Å². The van der Waals surface area contributed by atoms with Gasteiger partial charge in [0.05, 0.1) is 27.9 Å². The lowest BCUT2D eigenvalue weighted by Crippen LogP contribution is -2.61. The molecule has 0 aliphatic carbocycles. The normalized spacial score (nSPS) is 13.3. The average molecular weight is 660 g/mol. The fraction of sp³-hybridized carbons (Fsp3) is 0. The molecular formula is C48H30BN3. The van der Waals surface area contributed by atoms with Gasteiger partial charge in [0.2, 0.25) is 0 Å². The highest BCUT2D eigenvalue weighted by atomic mass is 15.2. The third-order valence-electron chi connectivity index (χ3n) is 11.5. The molecule has 4 heterocycles. The van der Waals surface area contributed by atoms with Gasteiger partial charge in [0.25, 0.3) is 6.71 Å². The fourth-order valence-corrected chi connectivity index (χ4v) is 9.52. The third-order valence-corrected chi connectivity index (χ3v) is 11.5. The van der Waals surface area contributed by atoms with E-state index in [1.807, 2.05) is 0 Å². The van der Waals surface area contributed by atoms with Crippen molar-refractivity contribution in [1.82, 2.24) is 4.40 Å². The van der Waals surface area contributed by atoms with E-state index in [2.05, 4.69) is 196 Å². The Kier molecular flexibility index (Phi) is 5.58. The zero-order valence-corrected chi connectivity index (χ0v) is 28.2. The van der Waals surface area contributed by atoms with Crippen LogP contribution in [0.2, 0.25) is 0 Å².